The molecule has 2 aromatic rings. The number of thioether (sulfide) groups is 1. The first-order chi connectivity index (χ1) is 12.0. The quantitative estimate of drug-likeness (QED) is 0.420. The predicted octanol–water partition coefficient (Wildman–Crippen LogP) is 3.26. The number of amides is 1. The van der Waals surface area contributed by atoms with Crippen LogP contribution < -0.4 is 5.84 Å². The fourth-order valence-corrected chi connectivity index (χ4v) is 3.29. The van der Waals surface area contributed by atoms with E-state index in [2.05, 4.69) is 23.4 Å². The highest BCUT2D eigenvalue weighted by atomic mass is 35.5. The molecule has 132 valence electrons. The molecule has 6 nitrogen and oxygen atoms in total. The van der Waals surface area contributed by atoms with Crippen LogP contribution in [0.15, 0.2) is 48.7 Å². The fraction of sp³-hybridized carbons (Fsp3) is 0.188. The van der Waals surface area contributed by atoms with Gasteiger partial charge in [0.1, 0.15) is 0 Å². The average Bonchev–Trinajstić information content (AvgIpc) is 2.93. The second-order valence-corrected chi connectivity index (χ2v) is 6.75. The molecule has 0 saturated carbocycles. The largest absolute Gasteiger partial charge is 0.335 e. The van der Waals surface area contributed by atoms with Gasteiger partial charge in [-0.05, 0) is 18.2 Å². The number of nitrogen functional groups attached to an aromatic ring is 1. The van der Waals surface area contributed by atoms with E-state index in [0.717, 1.165) is 0 Å². The van der Waals surface area contributed by atoms with E-state index >= 15 is 0 Å². The zero-order valence-electron chi connectivity index (χ0n) is 13.4. The summed E-state index contributed by atoms with van der Waals surface area (Å²) in [7, 11) is 0. The van der Waals surface area contributed by atoms with Gasteiger partial charge in [0.05, 0.1) is 10.8 Å². The van der Waals surface area contributed by atoms with Gasteiger partial charge in [0, 0.05) is 23.7 Å². The van der Waals surface area contributed by atoms with Crippen molar-refractivity contribution in [2.24, 2.45) is 0 Å². The lowest BCUT2D eigenvalue weighted by atomic mass is 10.2. The third-order valence-electron chi connectivity index (χ3n) is 3.21. The summed E-state index contributed by atoms with van der Waals surface area (Å²) in [6.45, 7) is 8.19. The molecule has 0 radical (unpaired) electrons. The molecule has 0 saturated heterocycles. The molecule has 25 heavy (non-hydrogen) atoms. The van der Waals surface area contributed by atoms with Gasteiger partial charge in [0.15, 0.2) is 5.82 Å². The molecule has 0 fully saturated rings. The number of carbonyl (C=O) groups excluding carboxylic acids is 1. The van der Waals surface area contributed by atoms with Crippen molar-refractivity contribution >= 4 is 40.9 Å². The standard InChI is InChI=1S/C16H17Cl2N5OS/c1-3-7-22(8-4-2)14(24)10-25-16-21-20-15(23(16)19)12-6-5-11(17)9-13(12)18/h3-6,9H,1-2,7-8,10,19H2. The van der Waals surface area contributed by atoms with Gasteiger partial charge in [0.25, 0.3) is 0 Å². The fourth-order valence-electron chi connectivity index (χ4n) is 2.04. The van der Waals surface area contributed by atoms with Gasteiger partial charge in [0.2, 0.25) is 11.1 Å². The molecule has 0 aliphatic rings. The highest BCUT2D eigenvalue weighted by Gasteiger charge is 2.17. The molecular formula is C16H17Cl2N5OS. The molecule has 1 aromatic carbocycles. The lowest BCUT2D eigenvalue weighted by Gasteiger charge is -2.18. The molecular weight excluding hydrogens is 381 g/mol. The van der Waals surface area contributed by atoms with Crippen LogP contribution in [0.2, 0.25) is 10.0 Å². The molecule has 0 bridgehead atoms. The maximum absolute atomic E-state index is 12.3. The maximum atomic E-state index is 12.3. The number of rotatable bonds is 8. The van der Waals surface area contributed by atoms with E-state index in [1.54, 1.807) is 35.3 Å². The lowest BCUT2D eigenvalue weighted by Crippen LogP contribution is -2.32. The minimum atomic E-state index is -0.0705. The summed E-state index contributed by atoms with van der Waals surface area (Å²) in [5.74, 6) is 6.54. The summed E-state index contributed by atoms with van der Waals surface area (Å²) < 4.78 is 1.30. The van der Waals surface area contributed by atoms with Crippen LogP contribution in [-0.4, -0.2) is 44.5 Å². The Morgan fingerprint density at radius 2 is 1.96 bits per heavy atom. The monoisotopic (exact) mass is 397 g/mol. The minimum absolute atomic E-state index is 0.0705. The van der Waals surface area contributed by atoms with Crippen molar-refractivity contribution < 1.29 is 4.79 Å². The molecule has 1 heterocycles. The van der Waals surface area contributed by atoms with Crippen LogP contribution in [0.1, 0.15) is 0 Å². The number of hydrogen-bond acceptors (Lipinski definition) is 5. The van der Waals surface area contributed by atoms with Gasteiger partial charge in [-0.1, -0.05) is 47.1 Å². The Balaban J connectivity index is 2.12. The zero-order chi connectivity index (χ0) is 18.4. The van der Waals surface area contributed by atoms with Crippen LogP contribution in [0.3, 0.4) is 0 Å². The Kier molecular flexibility index (Phi) is 6.92. The van der Waals surface area contributed by atoms with Crippen LogP contribution in [0.5, 0.6) is 0 Å². The first kappa shape index (κ1) is 19.4. The topological polar surface area (TPSA) is 77.0 Å². The Hall–Kier alpha value is -1.96. The third kappa shape index (κ3) is 4.78. The summed E-state index contributed by atoms with van der Waals surface area (Å²) in [4.78, 5) is 13.9. The molecule has 2 N–H and O–H groups in total. The van der Waals surface area contributed by atoms with Crippen LogP contribution >= 0.6 is 35.0 Å². The van der Waals surface area contributed by atoms with Gasteiger partial charge in [-0.15, -0.1) is 23.4 Å². The van der Waals surface area contributed by atoms with Crippen molar-refractivity contribution in [3.8, 4) is 11.4 Å². The van der Waals surface area contributed by atoms with Gasteiger partial charge < -0.3 is 10.7 Å². The van der Waals surface area contributed by atoms with Crippen LogP contribution in [0.25, 0.3) is 11.4 Å². The molecule has 0 aliphatic heterocycles. The highest BCUT2D eigenvalue weighted by Crippen LogP contribution is 2.30. The summed E-state index contributed by atoms with van der Waals surface area (Å²) in [5.41, 5.74) is 0.610. The number of halogens is 2. The van der Waals surface area contributed by atoms with Crippen molar-refractivity contribution in [2.45, 2.75) is 5.16 Å². The molecule has 0 aliphatic carbocycles. The molecule has 0 atom stereocenters. The molecule has 2 rings (SSSR count). The van der Waals surface area contributed by atoms with Crippen LogP contribution in [-0.2, 0) is 4.79 Å². The smallest absolute Gasteiger partial charge is 0.233 e. The van der Waals surface area contributed by atoms with E-state index in [0.29, 0.717) is 39.7 Å². The maximum Gasteiger partial charge on any atom is 0.233 e. The Morgan fingerprint density at radius 3 is 2.56 bits per heavy atom. The Bertz CT molecular complexity index is 783. The summed E-state index contributed by atoms with van der Waals surface area (Å²) in [5, 5.41) is 9.42. The summed E-state index contributed by atoms with van der Waals surface area (Å²) in [6.07, 6.45) is 3.33. The van der Waals surface area contributed by atoms with Crippen molar-refractivity contribution in [1.82, 2.24) is 19.8 Å². The second-order valence-electron chi connectivity index (χ2n) is 4.97. The number of carbonyl (C=O) groups is 1. The SMILES string of the molecule is C=CCN(CC=C)C(=O)CSc1nnc(-c2ccc(Cl)cc2Cl)n1N. The molecule has 0 unspecified atom stereocenters. The predicted molar refractivity (Wildman–Crippen MR) is 103 cm³/mol. The van der Waals surface area contributed by atoms with Crippen LogP contribution in [0, 0.1) is 0 Å². The van der Waals surface area contributed by atoms with Gasteiger partial charge in [-0.25, -0.2) is 4.68 Å². The van der Waals surface area contributed by atoms with E-state index in [1.807, 2.05) is 0 Å². The Labute approximate surface area is 160 Å². The summed E-state index contributed by atoms with van der Waals surface area (Å²) >= 11 is 13.3. The van der Waals surface area contributed by atoms with E-state index in [4.69, 9.17) is 29.0 Å². The van der Waals surface area contributed by atoms with Crippen molar-refractivity contribution in [3.63, 3.8) is 0 Å². The van der Waals surface area contributed by atoms with Gasteiger partial charge in [-0.2, -0.15) is 0 Å². The number of hydrogen-bond donors (Lipinski definition) is 1. The minimum Gasteiger partial charge on any atom is -0.335 e. The molecule has 1 aromatic heterocycles. The van der Waals surface area contributed by atoms with Crippen molar-refractivity contribution in [2.75, 3.05) is 24.7 Å². The van der Waals surface area contributed by atoms with Crippen LogP contribution in [0.4, 0.5) is 0 Å². The molecule has 9 heteroatoms. The normalized spacial score (nSPS) is 10.5. The van der Waals surface area contributed by atoms with E-state index in [9.17, 15) is 4.79 Å². The lowest BCUT2D eigenvalue weighted by molar-refractivity contribution is -0.127. The number of benzene rings is 1. The van der Waals surface area contributed by atoms with Gasteiger partial charge in [-0.3, -0.25) is 4.79 Å². The Morgan fingerprint density at radius 1 is 1.28 bits per heavy atom. The zero-order valence-corrected chi connectivity index (χ0v) is 15.7. The van der Waals surface area contributed by atoms with E-state index in [-0.39, 0.29) is 11.7 Å². The first-order valence-corrected chi connectivity index (χ1v) is 9.00. The second kappa shape index (κ2) is 8.94. The van der Waals surface area contributed by atoms with Gasteiger partial charge >= 0.3 is 0 Å². The van der Waals surface area contributed by atoms with Crippen molar-refractivity contribution in [3.05, 3.63) is 53.6 Å². The number of nitrogens with zero attached hydrogens (tertiary/aromatic N) is 4. The van der Waals surface area contributed by atoms with Crippen molar-refractivity contribution in [1.29, 1.82) is 0 Å². The highest BCUT2D eigenvalue weighted by molar-refractivity contribution is 7.99. The number of nitrogens with two attached hydrogens (primary N) is 1. The first-order valence-electron chi connectivity index (χ1n) is 7.26. The van der Waals surface area contributed by atoms with E-state index in [1.165, 1.54) is 16.4 Å². The molecule has 1 amide bonds. The summed E-state index contributed by atoms with van der Waals surface area (Å²) in [6, 6.07) is 5.01. The number of aromatic nitrogens is 3. The molecule has 0 spiro atoms. The third-order valence-corrected chi connectivity index (χ3v) is 4.69. The average molecular weight is 398 g/mol. The van der Waals surface area contributed by atoms with E-state index < -0.39 is 0 Å².